The molecule has 1 atom stereocenters. The molecule has 1 aliphatic heterocycles. The first-order valence-electron chi connectivity index (χ1n) is 7.66. The lowest BCUT2D eigenvalue weighted by atomic mass is 9.74. The lowest BCUT2D eigenvalue weighted by Gasteiger charge is -2.30. The highest BCUT2D eigenvalue weighted by molar-refractivity contribution is 6.74. The standard InChI is InChI=1S/C15H10BF4N8/c17-8-3-1-2-7(16(18,19)20)9(8)12-10-11(23)6(4-21)13(24)27-14(10)28-15(26-12)25-5-22/h1-3,12H,(H6,23,24,25,26,27,28)/q-1. The van der Waals surface area contributed by atoms with Crippen LogP contribution in [0.1, 0.15) is 22.7 Å². The molecule has 0 saturated carbocycles. The van der Waals surface area contributed by atoms with Gasteiger partial charge in [0.2, 0.25) is 5.96 Å². The number of aromatic nitrogens is 1. The first kappa shape index (κ1) is 18.8. The van der Waals surface area contributed by atoms with Crippen molar-refractivity contribution < 1.29 is 17.3 Å². The SMILES string of the molecule is N#CNC1=NC(c2c(F)cccc2[B-](F)(F)F)c2c(nc(N)c(C#N)c2N)N1. The van der Waals surface area contributed by atoms with Crippen LogP contribution in [0.5, 0.6) is 0 Å². The van der Waals surface area contributed by atoms with Crippen LogP contribution in [0.25, 0.3) is 0 Å². The fourth-order valence-corrected chi connectivity index (χ4v) is 2.92. The van der Waals surface area contributed by atoms with Gasteiger partial charge in [0.15, 0.2) is 6.19 Å². The van der Waals surface area contributed by atoms with Crippen LogP contribution >= 0.6 is 0 Å². The van der Waals surface area contributed by atoms with Gasteiger partial charge in [-0.3, -0.25) is 5.32 Å². The Bertz CT molecular complexity index is 1080. The number of nitrogen functional groups attached to an aromatic ring is 2. The summed E-state index contributed by atoms with van der Waals surface area (Å²) in [5.74, 6) is -1.88. The first-order valence-corrected chi connectivity index (χ1v) is 7.66. The van der Waals surface area contributed by atoms with Crippen molar-refractivity contribution >= 4 is 35.7 Å². The molecule has 1 unspecified atom stereocenters. The molecule has 3 rings (SSSR count). The molecule has 0 amide bonds. The first-order chi connectivity index (χ1) is 13.2. The highest BCUT2D eigenvalue weighted by atomic mass is 19.4. The second-order valence-electron chi connectivity index (χ2n) is 5.72. The van der Waals surface area contributed by atoms with Gasteiger partial charge in [0.1, 0.15) is 35.1 Å². The number of halogens is 4. The van der Waals surface area contributed by atoms with Crippen molar-refractivity contribution in [3.63, 3.8) is 0 Å². The number of nitrogens with one attached hydrogen (secondary N) is 2. The van der Waals surface area contributed by atoms with Gasteiger partial charge in [0, 0.05) is 5.56 Å². The maximum absolute atomic E-state index is 14.5. The van der Waals surface area contributed by atoms with Crippen LogP contribution in [-0.2, 0) is 0 Å². The highest BCUT2D eigenvalue weighted by Gasteiger charge is 2.37. The Morgan fingerprint density at radius 3 is 2.50 bits per heavy atom. The molecule has 6 N–H and O–H groups in total. The molecule has 0 saturated heterocycles. The minimum absolute atomic E-state index is 0.143. The molecule has 28 heavy (non-hydrogen) atoms. The number of guanidine groups is 1. The van der Waals surface area contributed by atoms with E-state index in [2.05, 4.69) is 20.6 Å². The third-order valence-corrected chi connectivity index (χ3v) is 4.07. The predicted octanol–water partition coefficient (Wildman–Crippen LogP) is 1.25. The van der Waals surface area contributed by atoms with Gasteiger partial charge in [-0.1, -0.05) is 17.6 Å². The van der Waals surface area contributed by atoms with E-state index in [9.17, 15) is 22.6 Å². The van der Waals surface area contributed by atoms with Gasteiger partial charge in [-0.05, 0) is 11.6 Å². The topological polar surface area (TPSA) is 149 Å². The van der Waals surface area contributed by atoms with Crippen molar-refractivity contribution in [2.45, 2.75) is 6.04 Å². The fraction of sp³-hybridized carbons (Fsp3) is 0.0667. The number of hydrogen-bond donors (Lipinski definition) is 4. The minimum atomic E-state index is -5.60. The molecule has 1 aromatic heterocycles. The number of aliphatic imine (C=N–C) groups is 1. The average Bonchev–Trinajstić information content (AvgIpc) is 2.60. The summed E-state index contributed by atoms with van der Waals surface area (Å²) in [7, 11) is 0. The molecule has 0 aliphatic carbocycles. The summed E-state index contributed by atoms with van der Waals surface area (Å²) < 4.78 is 55.2. The smallest absolute Gasteiger partial charge is 0.445 e. The number of pyridine rings is 1. The summed E-state index contributed by atoms with van der Waals surface area (Å²) in [6.07, 6.45) is 1.55. The summed E-state index contributed by atoms with van der Waals surface area (Å²) in [5.41, 5.74) is 8.88. The second-order valence-corrected chi connectivity index (χ2v) is 5.72. The minimum Gasteiger partial charge on any atom is -0.445 e. The number of nitrogens with zero attached hydrogens (tertiary/aromatic N) is 4. The number of fused-ring (bicyclic) bond motifs is 1. The van der Waals surface area contributed by atoms with Crippen molar-refractivity contribution in [3.05, 3.63) is 40.7 Å². The number of hydrogen-bond acceptors (Lipinski definition) is 8. The van der Waals surface area contributed by atoms with Crippen LogP contribution in [-0.4, -0.2) is 17.9 Å². The third kappa shape index (κ3) is 2.99. The monoisotopic (exact) mass is 389 g/mol. The van der Waals surface area contributed by atoms with Crippen molar-refractivity contribution in [1.82, 2.24) is 10.3 Å². The van der Waals surface area contributed by atoms with Gasteiger partial charge in [-0.2, -0.15) is 10.5 Å². The predicted molar refractivity (Wildman–Crippen MR) is 94.5 cm³/mol. The molecule has 0 bridgehead atoms. The van der Waals surface area contributed by atoms with Crippen molar-refractivity contribution in [2.75, 3.05) is 16.8 Å². The number of anilines is 3. The van der Waals surface area contributed by atoms with E-state index in [0.717, 1.165) is 18.2 Å². The molecule has 2 heterocycles. The molecule has 0 fully saturated rings. The van der Waals surface area contributed by atoms with E-state index >= 15 is 0 Å². The Kier molecular flexibility index (Phi) is 4.44. The number of nitrogens with two attached hydrogens (primary N) is 2. The normalized spacial score (nSPS) is 15.5. The molecule has 0 radical (unpaired) electrons. The highest BCUT2D eigenvalue weighted by Crippen LogP contribution is 2.41. The largest absolute Gasteiger partial charge is 0.510 e. The van der Waals surface area contributed by atoms with Crippen molar-refractivity contribution in [1.29, 1.82) is 10.5 Å². The summed E-state index contributed by atoms with van der Waals surface area (Å²) in [6, 6.07) is 2.59. The maximum atomic E-state index is 14.5. The van der Waals surface area contributed by atoms with Crippen LogP contribution in [0.15, 0.2) is 23.2 Å². The van der Waals surface area contributed by atoms with Gasteiger partial charge >= 0.3 is 6.98 Å². The molecular weight excluding hydrogens is 379 g/mol. The summed E-state index contributed by atoms with van der Waals surface area (Å²) in [4.78, 5) is 7.87. The van der Waals surface area contributed by atoms with Gasteiger partial charge in [0.25, 0.3) is 0 Å². The fourth-order valence-electron chi connectivity index (χ4n) is 2.92. The Labute approximate surface area is 155 Å². The number of benzene rings is 1. The van der Waals surface area contributed by atoms with Crippen LogP contribution < -0.4 is 27.6 Å². The maximum Gasteiger partial charge on any atom is 0.510 e. The van der Waals surface area contributed by atoms with E-state index in [1.54, 1.807) is 12.3 Å². The summed E-state index contributed by atoms with van der Waals surface area (Å²) in [6.45, 7) is -5.60. The lowest BCUT2D eigenvalue weighted by molar-refractivity contribution is 0.497. The zero-order valence-corrected chi connectivity index (χ0v) is 13.8. The zero-order valence-electron chi connectivity index (χ0n) is 13.8. The molecule has 1 aliphatic rings. The van der Waals surface area contributed by atoms with E-state index in [0.29, 0.717) is 0 Å². The van der Waals surface area contributed by atoms with Crippen LogP contribution in [0.2, 0.25) is 0 Å². The van der Waals surface area contributed by atoms with E-state index in [-0.39, 0.29) is 34.4 Å². The summed E-state index contributed by atoms with van der Waals surface area (Å²) >= 11 is 0. The quantitative estimate of drug-likeness (QED) is 0.261. The van der Waals surface area contributed by atoms with Crippen LogP contribution in [0.4, 0.5) is 34.7 Å². The van der Waals surface area contributed by atoms with Gasteiger partial charge in [-0.25, -0.2) is 14.4 Å². The number of nitriles is 2. The van der Waals surface area contributed by atoms with Gasteiger partial charge < -0.3 is 29.7 Å². The van der Waals surface area contributed by atoms with E-state index in [1.807, 2.05) is 0 Å². The molecule has 13 heteroatoms. The Morgan fingerprint density at radius 1 is 1.18 bits per heavy atom. The average molecular weight is 389 g/mol. The summed E-state index contributed by atoms with van der Waals surface area (Å²) in [5, 5.41) is 22.7. The van der Waals surface area contributed by atoms with E-state index in [4.69, 9.17) is 16.7 Å². The second kappa shape index (κ2) is 6.63. The van der Waals surface area contributed by atoms with E-state index < -0.39 is 29.9 Å². The van der Waals surface area contributed by atoms with Crippen molar-refractivity contribution in [2.24, 2.45) is 4.99 Å². The molecular formula is C15H10BF4N8-. The Hall–Kier alpha value is -4.00. The van der Waals surface area contributed by atoms with E-state index in [1.165, 1.54) is 0 Å². The Balaban J connectivity index is 2.37. The molecule has 8 nitrogen and oxygen atoms in total. The lowest BCUT2D eigenvalue weighted by Crippen LogP contribution is -2.40. The van der Waals surface area contributed by atoms with Crippen molar-refractivity contribution in [3.8, 4) is 12.3 Å². The van der Waals surface area contributed by atoms with Crippen LogP contribution in [0, 0.1) is 28.6 Å². The van der Waals surface area contributed by atoms with Crippen LogP contribution in [0.3, 0.4) is 0 Å². The number of rotatable bonds is 2. The molecule has 2 aromatic rings. The Morgan fingerprint density at radius 2 is 1.89 bits per heavy atom. The molecule has 142 valence electrons. The van der Waals surface area contributed by atoms with Gasteiger partial charge in [-0.15, -0.1) is 0 Å². The van der Waals surface area contributed by atoms with Gasteiger partial charge in [0.05, 0.1) is 5.69 Å². The zero-order chi connectivity index (χ0) is 20.6. The molecule has 0 spiro atoms. The molecule has 1 aromatic carbocycles. The third-order valence-electron chi connectivity index (χ3n) is 4.07.